The van der Waals surface area contributed by atoms with Crippen molar-refractivity contribution in [2.45, 2.75) is 38.8 Å². The number of rotatable bonds is 8. The highest BCUT2D eigenvalue weighted by molar-refractivity contribution is 5.88. The zero-order valence-corrected chi connectivity index (χ0v) is 17.6. The topological polar surface area (TPSA) is 71.1 Å². The molecule has 1 unspecified atom stereocenters. The summed E-state index contributed by atoms with van der Waals surface area (Å²) >= 11 is 0. The third kappa shape index (κ3) is 5.93. The van der Waals surface area contributed by atoms with Crippen LogP contribution in [0.1, 0.15) is 31.7 Å². The van der Waals surface area contributed by atoms with Crippen molar-refractivity contribution in [2.75, 3.05) is 46.5 Å². The summed E-state index contributed by atoms with van der Waals surface area (Å²) in [5, 5.41) is 2.91. The predicted molar refractivity (Wildman–Crippen MR) is 111 cm³/mol. The van der Waals surface area contributed by atoms with Crippen LogP contribution in [-0.4, -0.2) is 74.2 Å². The average molecular weight is 404 g/mol. The predicted octanol–water partition coefficient (Wildman–Crippen LogP) is 1.66. The van der Waals surface area contributed by atoms with Crippen molar-refractivity contribution in [3.05, 3.63) is 29.8 Å². The van der Waals surface area contributed by atoms with Crippen LogP contribution in [0.2, 0.25) is 0 Å². The molecule has 0 spiro atoms. The summed E-state index contributed by atoms with van der Waals surface area (Å²) in [4.78, 5) is 29.3. The van der Waals surface area contributed by atoms with Crippen molar-refractivity contribution in [3.63, 3.8) is 0 Å². The lowest BCUT2D eigenvalue weighted by Gasteiger charge is -2.36. The van der Waals surface area contributed by atoms with Gasteiger partial charge in [0.05, 0.1) is 19.1 Å². The van der Waals surface area contributed by atoms with Gasteiger partial charge >= 0.3 is 0 Å². The number of ether oxygens (including phenoxy) is 2. The SMILES string of the molecule is CCOc1ccccc1CN1CCNC(=O)C1CC(=O)N(C)CC1CCOCC1. The van der Waals surface area contributed by atoms with Crippen LogP contribution < -0.4 is 10.1 Å². The maximum atomic E-state index is 12.9. The van der Waals surface area contributed by atoms with Crippen LogP contribution in [0.5, 0.6) is 5.75 Å². The van der Waals surface area contributed by atoms with Crippen molar-refractivity contribution in [2.24, 2.45) is 5.92 Å². The zero-order valence-electron chi connectivity index (χ0n) is 17.6. The first-order valence-electron chi connectivity index (χ1n) is 10.6. The Morgan fingerprint density at radius 1 is 1.31 bits per heavy atom. The highest BCUT2D eigenvalue weighted by Gasteiger charge is 2.33. The van der Waals surface area contributed by atoms with E-state index in [1.165, 1.54) is 0 Å². The quantitative estimate of drug-likeness (QED) is 0.715. The summed E-state index contributed by atoms with van der Waals surface area (Å²) in [5.41, 5.74) is 1.04. The second-order valence-corrected chi connectivity index (χ2v) is 7.85. The maximum absolute atomic E-state index is 12.9. The summed E-state index contributed by atoms with van der Waals surface area (Å²) < 4.78 is 11.1. The van der Waals surface area contributed by atoms with Crippen LogP contribution in [0, 0.1) is 5.92 Å². The fraction of sp³-hybridized carbons (Fsp3) is 0.636. The Morgan fingerprint density at radius 2 is 2.07 bits per heavy atom. The molecule has 1 N–H and O–H groups in total. The van der Waals surface area contributed by atoms with E-state index in [0.717, 1.165) is 43.9 Å². The van der Waals surface area contributed by atoms with Crippen LogP contribution in [0.25, 0.3) is 0 Å². The van der Waals surface area contributed by atoms with E-state index in [1.54, 1.807) is 4.90 Å². The fourth-order valence-corrected chi connectivity index (χ4v) is 4.06. The molecular weight excluding hydrogens is 370 g/mol. The summed E-state index contributed by atoms with van der Waals surface area (Å²) in [6.45, 7) is 6.72. The standard InChI is InChI=1S/C22H33N3O4/c1-3-29-20-7-5-4-6-18(20)16-25-11-10-23-22(27)19(25)14-21(26)24(2)15-17-8-12-28-13-9-17/h4-7,17,19H,3,8-16H2,1-2H3,(H,23,27). The molecular formula is C22H33N3O4. The molecule has 1 aromatic carbocycles. The molecule has 0 radical (unpaired) electrons. The molecule has 0 aromatic heterocycles. The molecule has 2 aliphatic heterocycles. The Hall–Kier alpha value is -2.12. The van der Waals surface area contributed by atoms with Crippen LogP contribution >= 0.6 is 0 Å². The van der Waals surface area contributed by atoms with Crippen molar-refractivity contribution in [1.29, 1.82) is 0 Å². The molecule has 2 saturated heterocycles. The summed E-state index contributed by atoms with van der Waals surface area (Å²) in [7, 11) is 1.84. The molecule has 2 amide bonds. The number of hydrogen-bond donors (Lipinski definition) is 1. The number of amides is 2. The van der Waals surface area contributed by atoms with Gasteiger partial charge in [-0.15, -0.1) is 0 Å². The first-order chi connectivity index (χ1) is 14.1. The lowest BCUT2D eigenvalue weighted by Crippen LogP contribution is -2.56. The normalized spacial score (nSPS) is 20.9. The number of hydrogen-bond acceptors (Lipinski definition) is 5. The number of piperazine rings is 1. The van der Waals surface area contributed by atoms with E-state index < -0.39 is 6.04 Å². The minimum atomic E-state index is -0.455. The van der Waals surface area contributed by atoms with Crippen molar-refractivity contribution < 1.29 is 19.1 Å². The van der Waals surface area contributed by atoms with Crippen LogP contribution in [-0.2, 0) is 20.9 Å². The average Bonchev–Trinajstić information content (AvgIpc) is 2.72. The lowest BCUT2D eigenvalue weighted by molar-refractivity contribution is -0.138. The van der Waals surface area contributed by atoms with Gasteiger partial charge in [-0.25, -0.2) is 0 Å². The Bertz CT molecular complexity index is 690. The number of nitrogens with zero attached hydrogens (tertiary/aromatic N) is 2. The minimum absolute atomic E-state index is 0.0154. The van der Waals surface area contributed by atoms with E-state index in [1.807, 2.05) is 38.2 Å². The van der Waals surface area contributed by atoms with Crippen LogP contribution in [0.4, 0.5) is 0 Å². The smallest absolute Gasteiger partial charge is 0.237 e. The molecule has 1 atom stereocenters. The van der Waals surface area contributed by atoms with Crippen molar-refractivity contribution in [3.8, 4) is 5.75 Å². The molecule has 7 heteroatoms. The third-order valence-electron chi connectivity index (χ3n) is 5.75. The lowest BCUT2D eigenvalue weighted by atomic mass is 9.99. The van der Waals surface area contributed by atoms with Gasteiger partial charge in [0.2, 0.25) is 11.8 Å². The first kappa shape index (κ1) is 21.6. The van der Waals surface area contributed by atoms with Gasteiger partial charge in [0.25, 0.3) is 0 Å². The first-order valence-corrected chi connectivity index (χ1v) is 10.6. The molecule has 0 aliphatic carbocycles. The second-order valence-electron chi connectivity index (χ2n) is 7.85. The van der Waals surface area contributed by atoms with Crippen molar-refractivity contribution >= 4 is 11.8 Å². The molecule has 2 heterocycles. The monoisotopic (exact) mass is 403 g/mol. The van der Waals surface area contributed by atoms with E-state index in [4.69, 9.17) is 9.47 Å². The van der Waals surface area contributed by atoms with Gasteiger partial charge in [-0.3, -0.25) is 14.5 Å². The Labute approximate surface area is 173 Å². The molecule has 0 bridgehead atoms. The maximum Gasteiger partial charge on any atom is 0.237 e. The summed E-state index contributed by atoms with van der Waals surface area (Å²) in [5.74, 6) is 1.26. The van der Waals surface area contributed by atoms with Gasteiger partial charge in [-0.1, -0.05) is 18.2 Å². The van der Waals surface area contributed by atoms with Gasteiger partial charge in [0.15, 0.2) is 0 Å². The highest BCUT2D eigenvalue weighted by atomic mass is 16.5. The molecule has 0 saturated carbocycles. The van der Waals surface area contributed by atoms with Gasteiger partial charge in [-0.05, 0) is 31.7 Å². The molecule has 2 fully saturated rings. The Kier molecular flexibility index (Phi) is 7.89. The van der Waals surface area contributed by atoms with Gasteiger partial charge in [0, 0.05) is 52.0 Å². The van der Waals surface area contributed by atoms with E-state index in [9.17, 15) is 9.59 Å². The van der Waals surface area contributed by atoms with E-state index in [0.29, 0.717) is 32.2 Å². The highest BCUT2D eigenvalue weighted by Crippen LogP contribution is 2.23. The van der Waals surface area contributed by atoms with E-state index in [2.05, 4.69) is 10.2 Å². The van der Waals surface area contributed by atoms with E-state index >= 15 is 0 Å². The largest absolute Gasteiger partial charge is 0.494 e. The third-order valence-corrected chi connectivity index (χ3v) is 5.75. The zero-order chi connectivity index (χ0) is 20.6. The number of para-hydroxylation sites is 1. The number of nitrogens with one attached hydrogen (secondary N) is 1. The fourth-order valence-electron chi connectivity index (χ4n) is 4.06. The number of benzene rings is 1. The van der Waals surface area contributed by atoms with Crippen LogP contribution in [0.3, 0.4) is 0 Å². The van der Waals surface area contributed by atoms with Crippen LogP contribution in [0.15, 0.2) is 24.3 Å². The van der Waals surface area contributed by atoms with Gasteiger partial charge in [-0.2, -0.15) is 0 Å². The molecule has 1 aromatic rings. The number of carbonyl (C=O) groups excluding carboxylic acids is 2. The molecule has 160 valence electrons. The molecule has 3 rings (SSSR count). The molecule has 29 heavy (non-hydrogen) atoms. The van der Waals surface area contributed by atoms with Gasteiger partial charge < -0.3 is 19.7 Å². The molecule has 7 nitrogen and oxygen atoms in total. The molecule has 2 aliphatic rings. The number of carbonyl (C=O) groups is 2. The summed E-state index contributed by atoms with van der Waals surface area (Å²) in [6, 6.07) is 7.44. The second kappa shape index (κ2) is 10.6. The van der Waals surface area contributed by atoms with E-state index in [-0.39, 0.29) is 18.2 Å². The van der Waals surface area contributed by atoms with Gasteiger partial charge in [0.1, 0.15) is 5.75 Å². The Morgan fingerprint density at radius 3 is 2.83 bits per heavy atom. The Balaban J connectivity index is 1.63. The summed E-state index contributed by atoms with van der Waals surface area (Å²) in [6.07, 6.45) is 2.17. The minimum Gasteiger partial charge on any atom is -0.494 e. The van der Waals surface area contributed by atoms with Crippen molar-refractivity contribution in [1.82, 2.24) is 15.1 Å².